The molecular weight excluding hydrogens is 306 g/mol. The van der Waals surface area contributed by atoms with Gasteiger partial charge in [-0.3, -0.25) is 9.59 Å². The summed E-state index contributed by atoms with van der Waals surface area (Å²) in [5.41, 5.74) is 1.11. The highest BCUT2D eigenvalue weighted by molar-refractivity contribution is 5.92. The van der Waals surface area contributed by atoms with Crippen LogP contribution in [0.2, 0.25) is 0 Å². The van der Waals surface area contributed by atoms with Crippen LogP contribution in [0, 0.1) is 0 Å². The molecule has 1 heterocycles. The van der Waals surface area contributed by atoms with E-state index in [1.165, 1.54) is 16.8 Å². The summed E-state index contributed by atoms with van der Waals surface area (Å²) in [4.78, 5) is 26.3. The number of nitrogens with zero attached hydrogens (tertiary/aromatic N) is 3. The lowest BCUT2D eigenvalue weighted by atomic mass is 10.2. The van der Waals surface area contributed by atoms with Crippen LogP contribution in [0.1, 0.15) is 29.4 Å². The smallest absolute Gasteiger partial charge is 0.274 e. The van der Waals surface area contributed by atoms with E-state index in [0.29, 0.717) is 26.2 Å². The number of hydrogen-bond acceptors (Lipinski definition) is 4. The number of aryl methyl sites for hydroxylation is 1. The molecule has 0 fully saturated rings. The first-order valence-corrected chi connectivity index (χ1v) is 8.06. The highest BCUT2D eigenvalue weighted by Crippen LogP contribution is 2.08. The van der Waals surface area contributed by atoms with Gasteiger partial charge in [-0.15, -0.1) is 0 Å². The average molecular weight is 329 g/mol. The third-order valence-electron chi connectivity index (χ3n) is 3.59. The van der Waals surface area contributed by atoms with Crippen LogP contribution in [-0.4, -0.2) is 40.8 Å². The van der Waals surface area contributed by atoms with Crippen molar-refractivity contribution in [3.05, 3.63) is 64.1 Å². The number of carbonyl (C=O) groups is 1. The molecule has 6 nitrogen and oxygen atoms in total. The van der Waals surface area contributed by atoms with Crippen LogP contribution in [0.3, 0.4) is 0 Å². The van der Waals surface area contributed by atoms with Crippen molar-refractivity contribution in [3.63, 3.8) is 0 Å². The molecule has 2 rings (SSSR count). The predicted octanol–water partition coefficient (Wildman–Crippen LogP) is 1.94. The summed E-state index contributed by atoms with van der Waals surface area (Å²) in [6.45, 7) is 3.82. The van der Waals surface area contributed by atoms with E-state index in [4.69, 9.17) is 4.74 Å². The molecule has 0 aliphatic heterocycles. The van der Waals surface area contributed by atoms with Gasteiger partial charge < -0.3 is 9.64 Å². The van der Waals surface area contributed by atoms with Gasteiger partial charge in [0.1, 0.15) is 5.69 Å². The van der Waals surface area contributed by atoms with Crippen molar-refractivity contribution in [3.8, 4) is 0 Å². The Hall–Kier alpha value is -2.47. The van der Waals surface area contributed by atoms with Crippen LogP contribution in [0.25, 0.3) is 0 Å². The van der Waals surface area contributed by atoms with Gasteiger partial charge >= 0.3 is 0 Å². The largest absolute Gasteiger partial charge is 0.383 e. The summed E-state index contributed by atoms with van der Waals surface area (Å²) in [6, 6.07) is 12.6. The Labute approximate surface area is 141 Å². The molecule has 1 aromatic carbocycles. The van der Waals surface area contributed by atoms with Crippen molar-refractivity contribution in [1.29, 1.82) is 0 Å². The van der Waals surface area contributed by atoms with E-state index < -0.39 is 0 Å². The number of ether oxygens (including phenoxy) is 1. The molecule has 0 bridgehead atoms. The van der Waals surface area contributed by atoms with Gasteiger partial charge in [0.2, 0.25) is 0 Å². The van der Waals surface area contributed by atoms with Crippen LogP contribution in [0.4, 0.5) is 0 Å². The molecule has 0 spiro atoms. The Balaban J connectivity index is 2.23. The molecule has 0 radical (unpaired) electrons. The lowest BCUT2D eigenvalue weighted by Gasteiger charge is -2.22. The minimum atomic E-state index is -0.208. The second-order valence-corrected chi connectivity index (χ2v) is 5.49. The van der Waals surface area contributed by atoms with Crippen molar-refractivity contribution < 1.29 is 9.53 Å². The van der Waals surface area contributed by atoms with Crippen molar-refractivity contribution >= 4 is 5.91 Å². The lowest BCUT2D eigenvalue weighted by molar-refractivity contribution is 0.0671. The number of hydrogen-bond donors (Lipinski definition) is 0. The number of methoxy groups -OCH3 is 1. The second kappa shape index (κ2) is 8.98. The Morgan fingerprint density at radius 1 is 1.21 bits per heavy atom. The van der Waals surface area contributed by atoms with Gasteiger partial charge in [0.05, 0.1) is 6.61 Å². The summed E-state index contributed by atoms with van der Waals surface area (Å²) in [7, 11) is 1.60. The van der Waals surface area contributed by atoms with Crippen molar-refractivity contribution in [2.75, 3.05) is 20.3 Å². The fourth-order valence-corrected chi connectivity index (χ4v) is 2.35. The fourth-order valence-electron chi connectivity index (χ4n) is 2.35. The zero-order valence-corrected chi connectivity index (χ0v) is 14.1. The highest BCUT2D eigenvalue weighted by Gasteiger charge is 2.18. The molecule has 24 heavy (non-hydrogen) atoms. The minimum absolute atomic E-state index is 0.195. The van der Waals surface area contributed by atoms with E-state index in [1.54, 1.807) is 12.0 Å². The number of aromatic nitrogens is 2. The number of carbonyl (C=O) groups excluding carboxylic acids is 1. The number of rotatable bonds is 8. The maximum absolute atomic E-state index is 12.8. The number of amides is 1. The molecule has 2 aromatic rings. The first kappa shape index (κ1) is 17.9. The van der Waals surface area contributed by atoms with Crippen LogP contribution >= 0.6 is 0 Å². The normalized spacial score (nSPS) is 10.6. The second-order valence-electron chi connectivity index (χ2n) is 5.49. The van der Waals surface area contributed by atoms with Crippen molar-refractivity contribution in [1.82, 2.24) is 14.7 Å². The van der Waals surface area contributed by atoms with Gasteiger partial charge in [0.25, 0.3) is 11.5 Å². The Bertz CT molecular complexity index is 713. The quantitative estimate of drug-likeness (QED) is 0.742. The molecule has 0 saturated heterocycles. The monoisotopic (exact) mass is 329 g/mol. The third kappa shape index (κ3) is 4.76. The Kier molecular flexibility index (Phi) is 6.69. The third-order valence-corrected chi connectivity index (χ3v) is 3.59. The van der Waals surface area contributed by atoms with Gasteiger partial charge in [-0.05, 0) is 18.1 Å². The standard InChI is InChI=1S/C18H23N3O3/c1-3-11-21-17(22)10-9-16(19-21)18(23)20(12-13-24-2)14-15-7-5-4-6-8-15/h4-10H,3,11-14H2,1-2H3. The molecule has 0 unspecified atom stereocenters. The van der Waals surface area contributed by atoms with Gasteiger partial charge in [-0.25, -0.2) is 4.68 Å². The first-order valence-electron chi connectivity index (χ1n) is 8.06. The van der Waals surface area contributed by atoms with E-state index in [-0.39, 0.29) is 17.2 Å². The van der Waals surface area contributed by atoms with Crippen LogP contribution < -0.4 is 5.56 Å². The minimum Gasteiger partial charge on any atom is -0.383 e. The molecule has 1 aromatic heterocycles. The highest BCUT2D eigenvalue weighted by atomic mass is 16.5. The van der Waals surface area contributed by atoms with E-state index in [0.717, 1.165) is 12.0 Å². The van der Waals surface area contributed by atoms with Crippen LogP contribution in [-0.2, 0) is 17.8 Å². The van der Waals surface area contributed by atoms with Gasteiger partial charge in [0, 0.05) is 32.8 Å². The molecule has 0 atom stereocenters. The summed E-state index contributed by atoms with van der Waals surface area (Å²) < 4.78 is 6.45. The van der Waals surface area contributed by atoms with E-state index in [9.17, 15) is 9.59 Å². The lowest BCUT2D eigenvalue weighted by Crippen LogP contribution is -2.35. The molecular formula is C18H23N3O3. The molecule has 0 aliphatic rings. The summed E-state index contributed by atoms with van der Waals surface area (Å²) >= 11 is 0. The maximum atomic E-state index is 12.8. The van der Waals surface area contributed by atoms with Gasteiger partial charge in [-0.1, -0.05) is 37.3 Å². The predicted molar refractivity (Wildman–Crippen MR) is 91.8 cm³/mol. The first-order chi connectivity index (χ1) is 11.7. The van der Waals surface area contributed by atoms with Crippen LogP contribution in [0.15, 0.2) is 47.3 Å². The molecule has 1 amide bonds. The Morgan fingerprint density at radius 2 is 1.96 bits per heavy atom. The van der Waals surface area contributed by atoms with E-state index in [1.807, 2.05) is 37.3 Å². The van der Waals surface area contributed by atoms with Crippen LogP contribution in [0.5, 0.6) is 0 Å². The SMILES string of the molecule is CCCn1nc(C(=O)N(CCOC)Cc2ccccc2)ccc1=O. The summed E-state index contributed by atoms with van der Waals surface area (Å²) in [6.07, 6.45) is 0.780. The van der Waals surface area contributed by atoms with E-state index >= 15 is 0 Å². The topological polar surface area (TPSA) is 64.4 Å². The molecule has 128 valence electrons. The molecule has 0 saturated carbocycles. The molecule has 0 aliphatic carbocycles. The van der Waals surface area contributed by atoms with Crippen molar-refractivity contribution in [2.24, 2.45) is 0 Å². The maximum Gasteiger partial charge on any atom is 0.274 e. The Morgan fingerprint density at radius 3 is 2.62 bits per heavy atom. The fraction of sp³-hybridized carbons (Fsp3) is 0.389. The van der Waals surface area contributed by atoms with Gasteiger partial charge in [-0.2, -0.15) is 5.10 Å². The summed E-state index contributed by atoms with van der Waals surface area (Å²) in [5, 5.41) is 4.20. The van der Waals surface area contributed by atoms with E-state index in [2.05, 4.69) is 5.10 Å². The molecule has 6 heteroatoms. The van der Waals surface area contributed by atoms with Gasteiger partial charge in [0.15, 0.2) is 0 Å². The van der Waals surface area contributed by atoms with Crippen molar-refractivity contribution in [2.45, 2.75) is 26.4 Å². The summed E-state index contributed by atoms with van der Waals surface area (Å²) in [5.74, 6) is -0.208. The average Bonchev–Trinajstić information content (AvgIpc) is 2.61. The zero-order chi connectivity index (χ0) is 17.4. The number of benzene rings is 1. The zero-order valence-electron chi connectivity index (χ0n) is 14.1. The molecule has 0 N–H and O–H groups in total.